The van der Waals surface area contributed by atoms with E-state index in [9.17, 15) is 14.0 Å². The lowest BCUT2D eigenvalue weighted by Crippen LogP contribution is -2.54. The van der Waals surface area contributed by atoms with Gasteiger partial charge in [0, 0.05) is 17.1 Å². The highest BCUT2D eigenvalue weighted by atomic mass is 32.1. The van der Waals surface area contributed by atoms with Gasteiger partial charge < -0.3 is 4.57 Å². The summed E-state index contributed by atoms with van der Waals surface area (Å²) >= 11 is 5.17. The number of aromatic nitrogens is 1. The van der Waals surface area contributed by atoms with Crippen LogP contribution in [0.25, 0.3) is 11.8 Å². The van der Waals surface area contributed by atoms with Crippen LogP contribution in [0.2, 0.25) is 0 Å². The van der Waals surface area contributed by atoms with Crippen molar-refractivity contribution < 1.29 is 14.0 Å². The molecule has 0 aliphatic carbocycles. The van der Waals surface area contributed by atoms with E-state index in [4.69, 9.17) is 17.5 Å². The molecule has 0 atom stereocenters. The highest BCUT2D eigenvalue weighted by molar-refractivity contribution is 7.80. The molecule has 8 heteroatoms. The van der Waals surface area contributed by atoms with E-state index in [0.717, 1.165) is 17.1 Å². The number of benzene rings is 2. The number of thiocarbonyl (C=S) groups is 1. The molecule has 1 aliphatic rings. The van der Waals surface area contributed by atoms with Gasteiger partial charge in [-0.15, -0.1) is 0 Å². The number of hydrogen-bond donors (Lipinski definition) is 1. The Kier molecular flexibility index (Phi) is 5.43. The number of carbonyl (C=O) groups excluding carboxylic acids is 2. The standard InChI is InChI=1S/C24H17FN4O2S/c1-14-11-17(15(2)28(14)19-7-3-16(13-26)4-8-19)12-21-22(30)27-24(32)29(23(21)31)20-9-5-18(25)6-10-20/h3-12H,1-2H3,(H,27,30,32). The number of halogens is 1. The molecule has 0 unspecified atom stereocenters. The number of rotatable bonds is 3. The average Bonchev–Trinajstić information content (AvgIpc) is 3.05. The second kappa shape index (κ2) is 8.21. The minimum atomic E-state index is -0.596. The van der Waals surface area contributed by atoms with Crippen LogP contribution < -0.4 is 10.2 Å². The lowest BCUT2D eigenvalue weighted by Gasteiger charge is -2.28. The quantitative estimate of drug-likeness (QED) is 0.377. The summed E-state index contributed by atoms with van der Waals surface area (Å²) < 4.78 is 15.3. The predicted molar refractivity (Wildman–Crippen MR) is 123 cm³/mol. The highest BCUT2D eigenvalue weighted by Crippen LogP contribution is 2.26. The lowest BCUT2D eigenvalue weighted by atomic mass is 10.1. The van der Waals surface area contributed by atoms with E-state index >= 15 is 0 Å². The summed E-state index contributed by atoms with van der Waals surface area (Å²) in [7, 11) is 0. The van der Waals surface area contributed by atoms with Crippen LogP contribution in [-0.4, -0.2) is 21.5 Å². The zero-order chi connectivity index (χ0) is 23.0. The van der Waals surface area contributed by atoms with E-state index in [1.165, 1.54) is 35.2 Å². The van der Waals surface area contributed by atoms with Gasteiger partial charge in [-0.2, -0.15) is 5.26 Å². The van der Waals surface area contributed by atoms with Crippen molar-refractivity contribution in [3.63, 3.8) is 0 Å². The van der Waals surface area contributed by atoms with Gasteiger partial charge in [0.05, 0.1) is 17.3 Å². The molecule has 158 valence electrons. The number of carbonyl (C=O) groups is 2. The van der Waals surface area contributed by atoms with Gasteiger partial charge in [-0.3, -0.25) is 19.8 Å². The molecule has 6 nitrogen and oxygen atoms in total. The second-order valence-electron chi connectivity index (χ2n) is 7.25. The fraction of sp³-hybridized carbons (Fsp3) is 0.0833. The van der Waals surface area contributed by atoms with Crippen molar-refractivity contribution in [2.45, 2.75) is 13.8 Å². The van der Waals surface area contributed by atoms with E-state index in [-0.39, 0.29) is 10.7 Å². The average molecular weight is 444 g/mol. The Labute approximate surface area is 189 Å². The van der Waals surface area contributed by atoms with Gasteiger partial charge in [-0.1, -0.05) is 0 Å². The van der Waals surface area contributed by atoms with Crippen molar-refractivity contribution in [1.82, 2.24) is 9.88 Å². The topological polar surface area (TPSA) is 78.1 Å². The summed E-state index contributed by atoms with van der Waals surface area (Å²) in [5, 5.41) is 11.5. The number of hydrogen-bond acceptors (Lipinski definition) is 4. The maximum Gasteiger partial charge on any atom is 0.270 e. The third kappa shape index (κ3) is 3.70. The van der Waals surface area contributed by atoms with E-state index in [0.29, 0.717) is 16.8 Å². The molecule has 4 rings (SSSR count). The van der Waals surface area contributed by atoms with Crippen molar-refractivity contribution >= 4 is 40.9 Å². The summed E-state index contributed by atoms with van der Waals surface area (Å²) in [6, 6.07) is 16.4. The number of amides is 2. The minimum absolute atomic E-state index is 0.0631. The van der Waals surface area contributed by atoms with E-state index in [1.54, 1.807) is 12.1 Å². The van der Waals surface area contributed by atoms with Gasteiger partial charge in [0.2, 0.25) is 0 Å². The van der Waals surface area contributed by atoms with Gasteiger partial charge in [0.25, 0.3) is 11.8 Å². The van der Waals surface area contributed by atoms with Crippen LogP contribution in [0.5, 0.6) is 0 Å². The molecule has 3 aromatic rings. The van der Waals surface area contributed by atoms with Gasteiger partial charge in [-0.25, -0.2) is 4.39 Å². The molecule has 32 heavy (non-hydrogen) atoms. The normalized spacial score (nSPS) is 15.1. The SMILES string of the molecule is Cc1cc(C=C2C(=O)NC(=S)N(c3ccc(F)cc3)C2=O)c(C)n1-c1ccc(C#N)cc1. The Hall–Kier alpha value is -4.09. The van der Waals surface area contributed by atoms with Gasteiger partial charge >= 0.3 is 0 Å². The zero-order valence-electron chi connectivity index (χ0n) is 17.2. The van der Waals surface area contributed by atoms with E-state index < -0.39 is 17.6 Å². The third-order valence-electron chi connectivity index (χ3n) is 5.21. The molecule has 0 bridgehead atoms. The first-order chi connectivity index (χ1) is 15.3. The molecule has 1 N–H and O–H groups in total. The van der Waals surface area contributed by atoms with Crippen LogP contribution in [0.15, 0.2) is 60.2 Å². The molecular formula is C24H17FN4O2S. The molecule has 1 saturated heterocycles. The number of nitrogens with one attached hydrogen (secondary N) is 1. The second-order valence-corrected chi connectivity index (χ2v) is 7.64. The van der Waals surface area contributed by atoms with Crippen LogP contribution in [0.4, 0.5) is 10.1 Å². The Morgan fingerprint density at radius 1 is 1.03 bits per heavy atom. The Bertz CT molecular complexity index is 1330. The molecule has 1 fully saturated rings. The fourth-order valence-corrected chi connectivity index (χ4v) is 3.93. The van der Waals surface area contributed by atoms with E-state index in [2.05, 4.69) is 11.4 Å². The van der Waals surface area contributed by atoms with Crippen LogP contribution in [0, 0.1) is 31.0 Å². The lowest BCUT2D eigenvalue weighted by molar-refractivity contribution is -0.122. The number of aryl methyl sites for hydroxylation is 1. The molecule has 1 aromatic heterocycles. The van der Waals surface area contributed by atoms with Crippen LogP contribution >= 0.6 is 12.2 Å². The first-order valence-corrected chi connectivity index (χ1v) is 10.1. The Morgan fingerprint density at radius 2 is 1.66 bits per heavy atom. The Morgan fingerprint density at radius 3 is 2.28 bits per heavy atom. The molecular weight excluding hydrogens is 427 g/mol. The van der Waals surface area contributed by atoms with Crippen LogP contribution in [-0.2, 0) is 9.59 Å². The third-order valence-corrected chi connectivity index (χ3v) is 5.50. The maximum absolute atomic E-state index is 13.3. The maximum atomic E-state index is 13.3. The van der Waals surface area contributed by atoms with Crippen molar-refractivity contribution in [1.29, 1.82) is 5.26 Å². The summed E-state index contributed by atoms with van der Waals surface area (Å²) in [6.07, 6.45) is 1.53. The predicted octanol–water partition coefficient (Wildman–Crippen LogP) is 3.94. The summed E-state index contributed by atoms with van der Waals surface area (Å²) in [5.74, 6) is -1.63. The molecule has 0 radical (unpaired) electrons. The number of anilines is 1. The van der Waals surface area contributed by atoms with Crippen LogP contribution in [0.3, 0.4) is 0 Å². The molecule has 0 spiro atoms. The van der Waals surface area contributed by atoms with E-state index in [1.807, 2.05) is 36.6 Å². The summed E-state index contributed by atoms with van der Waals surface area (Å²) in [6.45, 7) is 3.79. The van der Waals surface area contributed by atoms with Gasteiger partial charge in [0.1, 0.15) is 11.4 Å². The number of nitriles is 1. The van der Waals surface area contributed by atoms with Crippen LogP contribution in [0.1, 0.15) is 22.5 Å². The highest BCUT2D eigenvalue weighted by Gasteiger charge is 2.34. The Balaban J connectivity index is 1.74. The minimum Gasteiger partial charge on any atom is -0.318 e. The van der Waals surface area contributed by atoms with Crippen molar-refractivity contribution in [2.24, 2.45) is 0 Å². The summed E-state index contributed by atoms with van der Waals surface area (Å²) in [4.78, 5) is 26.9. The monoisotopic (exact) mass is 444 g/mol. The molecule has 2 aromatic carbocycles. The van der Waals surface area contributed by atoms with Gasteiger partial charge in [0.15, 0.2) is 5.11 Å². The fourth-order valence-electron chi connectivity index (χ4n) is 3.65. The molecule has 1 aliphatic heterocycles. The first-order valence-electron chi connectivity index (χ1n) is 9.66. The van der Waals surface area contributed by atoms with Gasteiger partial charge in [-0.05, 0) is 92.3 Å². The molecule has 0 saturated carbocycles. The van der Waals surface area contributed by atoms with Crippen molar-refractivity contribution in [3.8, 4) is 11.8 Å². The van der Waals surface area contributed by atoms with Crippen molar-refractivity contribution in [2.75, 3.05) is 4.90 Å². The summed E-state index contributed by atoms with van der Waals surface area (Å²) in [5.41, 5.74) is 4.10. The molecule has 2 heterocycles. The molecule has 2 amide bonds. The zero-order valence-corrected chi connectivity index (χ0v) is 18.0. The number of nitrogens with zero attached hydrogens (tertiary/aromatic N) is 3. The first kappa shape index (κ1) is 21.2. The van der Waals surface area contributed by atoms with Crippen molar-refractivity contribution in [3.05, 3.63) is 88.5 Å². The largest absolute Gasteiger partial charge is 0.318 e. The smallest absolute Gasteiger partial charge is 0.270 e.